The highest BCUT2D eigenvalue weighted by atomic mass is 127. The van der Waals surface area contributed by atoms with E-state index in [1.807, 2.05) is 164 Å². The van der Waals surface area contributed by atoms with Gasteiger partial charge in [0.05, 0.1) is 45.7 Å². The molecule has 0 aromatic heterocycles. The molecule has 18 atom stereocenters. The summed E-state index contributed by atoms with van der Waals surface area (Å²) in [4.78, 5) is 0. The van der Waals surface area contributed by atoms with Gasteiger partial charge in [0.25, 0.3) is 17.4 Å². The largest absolute Gasteiger partial charge is 0.387 e. The van der Waals surface area contributed by atoms with Crippen LogP contribution in [0.15, 0.2) is 164 Å². The monoisotopic (exact) mass is 1620 g/mol. The summed E-state index contributed by atoms with van der Waals surface area (Å²) in [6, 6.07) is 58.9. The van der Waals surface area contributed by atoms with Crippen LogP contribution < -0.4 is 0 Å². The van der Waals surface area contributed by atoms with E-state index in [9.17, 15) is 20.9 Å². The topological polar surface area (TPSA) is 230 Å². The lowest BCUT2D eigenvalue weighted by molar-refractivity contribution is -0.436. The maximum absolute atomic E-state index is 13.0. The Morgan fingerprint density at radius 2 is 0.734 bits per heavy atom. The maximum atomic E-state index is 13.0. The lowest BCUT2D eigenvalue weighted by Crippen LogP contribution is -2.72. The Balaban J connectivity index is 0.913. The third kappa shape index (κ3) is 15.6. The molecule has 1 saturated carbocycles. The van der Waals surface area contributed by atoms with E-state index in [4.69, 9.17) is 71.1 Å². The van der Waals surface area contributed by atoms with Gasteiger partial charge in [0.2, 0.25) is 0 Å². The third-order valence-electron chi connectivity index (χ3n) is 18.2. The number of aliphatic hydroxyl groups excluding tert-OH is 1. The molecule has 0 spiro atoms. The van der Waals surface area contributed by atoms with Crippen molar-refractivity contribution in [2.45, 2.75) is 187 Å². The third-order valence-corrected chi connectivity index (χ3v) is 21.3. The van der Waals surface area contributed by atoms with E-state index in [1.54, 1.807) is 0 Å². The number of aliphatic hydroxyl groups is 1. The average molecular weight is 1620 g/mol. The van der Waals surface area contributed by atoms with Crippen LogP contribution in [0.25, 0.3) is 0 Å². The minimum Gasteiger partial charge on any atom is -0.387 e. The van der Waals surface area contributed by atoms with E-state index in [-0.39, 0.29) is 65.0 Å². The predicted molar refractivity (Wildman–Crippen MR) is 361 cm³/mol. The highest BCUT2D eigenvalue weighted by molar-refractivity contribution is 14.1. The van der Waals surface area contributed by atoms with Gasteiger partial charge >= 0.3 is 0 Å². The molecule has 13 rings (SSSR count). The van der Waals surface area contributed by atoms with Crippen molar-refractivity contribution >= 4 is 67.8 Å². The van der Waals surface area contributed by atoms with Crippen LogP contribution in [0.2, 0.25) is 0 Å². The highest BCUT2D eigenvalue weighted by Crippen LogP contribution is 2.45. The molecule has 6 heterocycles. The number of hydrogen-bond donors (Lipinski definition) is 1. The van der Waals surface area contributed by atoms with Crippen molar-refractivity contribution in [1.29, 1.82) is 15.8 Å². The first kappa shape index (κ1) is 67.9. The zero-order valence-corrected chi connectivity index (χ0v) is 57.7. The molecule has 6 aromatic carbocycles. The predicted octanol–water partition coefficient (Wildman–Crippen LogP) is 10.8. The van der Waals surface area contributed by atoms with Crippen LogP contribution in [0.4, 0.5) is 0 Å². The van der Waals surface area contributed by atoms with Crippen LogP contribution >= 0.6 is 67.8 Å². The summed E-state index contributed by atoms with van der Waals surface area (Å²) >= 11 is 6.70. The molecule has 6 aliphatic heterocycles. The van der Waals surface area contributed by atoms with E-state index < -0.39 is 109 Å². The molecule has 0 unspecified atom stereocenters. The van der Waals surface area contributed by atoms with Crippen molar-refractivity contribution < 1.29 is 76.2 Å². The molecule has 7 fully saturated rings. The quantitative estimate of drug-likeness (QED) is 0.0660. The first-order chi connectivity index (χ1) is 45.9. The highest BCUT2D eigenvalue weighted by Gasteiger charge is 2.63. The number of hydrogen-bond acceptors (Lipinski definition) is 19. The molecule has 22 heteroatoms. The van der Waals surface area contributed by atoms with Crippen LogP contribution in [-0.2, 0) is 110 Å². The molecule has 0 radical (unpaired) electrons. The van der Waals surface area contributed by atoms with Gasteiger partial charge in [-0.1, -0.05) is 165 Å². The van der Waals surface area contributed by atoms with E-state index >= 15 is 0 Å². The second-order valence-electron chi connectivity index (χ2n) is 24.6. The number of nitrogens with zero attached hydrogens (tertiary/aromatic N) is 3. The van der Waals surface area contributed by atoms with Gasteiger partial charge in [0, 0.05) is 30.0 Å². The van der Waals surface area contributed by atoms with Gasteiger partial charge in [0.15, 0.2) is 18.9 Å². The summed E-state index contributed by atoms with van der Waals surface area (Å²) < 4.78 is 108. The van der Waals surface area contributed by atoms with Crippen LogP contribution in [-0.4, -0.2) is 141 Å². The van der Waals surface area contributed by atoms with Crippen LogP contribution in [0, 0.1) is 44.7 Å². The van der Waals surface area contributed by atoms with E-state index in [2.05, 4.69) is 86.0 Å². The SMILES string of the molecule is N#C[C@@]1(Cc2ccccc2I)OC[C@H]2O[C@@H](O[C@@H]3[C@H](OCc4ccccc4)[C@H](O[C@@H]4[C@H](OCc5ccccc5)[C@H](OC5CCCCC5)O[C@@H]5CO[C@@](C#N)(Cc6ccccc6I)O[C@@H]45)O[C@@H]4CO[C@@](C#N)(Cc5ccccc5I)O[C@@H]34)[C@@H](OCc3ccccc3)[C@@H](O)[C@@H]2O1. The first-order valence-electron chi connectivity index (χ1n) is 31.9. The number of rotatable bonds is 21. The normalized spacial score (nSPS) is 34.1. The Labute approximate surface area is 587 Å². The van der Waals surface area contributed by atoms with Gasteiger partial charge in [-0.05, 0) is 132 Å². The lowest BCUT2D eigenvalue weighted by Gasteiger charge is -2.55. The van der Waals surface area contributed by atoms with Gasteiger partial charge in [-0.3, -0.25) is 0 Å². The number of benzene rings is 6. The zero-order valence-electron chi connectivity index (χ0n) is 51.3. The summed E-state index contributed by atoms with van der Waals surface area (Å²) in [5.41, 5.74) is 4.90. The molecule has 6 saturated heterocycles. The number of ether oxygens (including phenoxy) is 15. The average Bonchev–Trinajstić information content (AvgIpc) is 0.753. The second kappa shape index (κ2) is 31.0. The Bertz CT molecular complexity index is 3620. The molecule has 492 valence electrons. The smallest absolute Gasteiger partial charge is 0.264 e. The van der Waals surface area contributed by atoms with Crippen molar-refractivity contribution in [1.82, 2.24) is 0 Å². The molecule has 19 nitrogen and oxygen atoms in total. The molecular formula is C72H72I3N3O16. The van der Waals surface area contributed by atoms with E-state index in [0.717, 1.165) is 76.2 Å². The van der Waals surface area contributed by atoms with Gasteiger partial charge in [-0.25, -0.2) is 0 Å². The number of nitriles is 3. The molecule has 7 aliphatic rings. The Morgan fingerprint density at radius 3 is 1.12 bits per heavy atom. The van der Waals surface area contributed by atoms with Crippen molar-refractivity contribution in [3.05, 3.63) is 208 Å². The molecule has 1 N–H and O–H groups in total. The Kier molecular flexibility index (Phi) is 22.4. The van der Waals surface area contributed by atoms with Crippen LogP contribution in [0.3, 0.4) is 0 Å². The summed E-state index contributed by atoms with van der Waals surface area (Å²) in [6.07, 6.45) is -13.3. The van der Waals surface area contributed by atoms with E-state index in [0.29, 0.717) is 0 Å². The fourth-order valence-corrected chi connectivity index (χ4v) is 15.0. The minimum absolute atomic E-state index is 0.000466. The van der Waals surface area contributed by atoms with Crippen molar-refractivity contribution in [3.8, 4) is 18.2 Å². The standard InChI is InChI=1S/C72H72I3N3O16/c73-52-30-16-13-25-48(52)33-70(42-76)83-39-55-59(92-70)58(79)62(80-36-45-19-5-1-6-20-45)67(87-55)90-64-61-57(41-85-72(44-78,94-61)35-50-27-15-18-32-54(50)75)89-69(66(64)82-38-47-23-9-3-10-24-47)91-63-60-56(40-84-71(43-77,93-60)34-49-26-14-17-31-53(49)74)88-68(86-51-28-11-4-12-29-51)65(63)81-37-46-21-7-2-8-22-46/h1-3,5-10,13-27,30-32,51,55-69,79H,4,11-12,28-29,33-41H2/t55-,56-,57-,58+,59-,60-,61-,62+,63+,64+,65+,66+,67+,68-,69+,70+,71+,72+/m1/s1. The fourth-order valence-electron chi connectivity index (χ4n) is 13.3. The van der Waals surface area contributed by atoms with Crippen LogP contribution in [0.5, 0.6) is 0 Å². The summed E-state index contributed by atoms with van der Waals surface area (Å²) in [5.74, 6) is -5.52. The van der Waals surface area contributed by atoms with Gasteiger partial charge in [-0.15, -0.1) is 0 Å². The first-order valence-corrected chi connectivity index (χ1v) is 35.1. The zero-order chi connectivity index (χ0) is 64.7. The molecule has 0 bridgehead atoms. The van der Waals surface area contributed by atoms with Crippen molar-refractivity contribution in [3.63, 3.8) is 0 Å². The molecule has 1 aliphatic carbocycles. The summed E-state index contributed by atoms with van der Waals surface area (Å²) in [5, 5.41) is 46.5. The minimum atomic E-state index is -1.89. The molecule has 6 aromatic rings. The van der Waals surface area contributed by atoms with Crippen molar-refractivity contribution in [2.75, 3.05) is 19.8 Å². The lowest BCUT2D eigenvalue weighted by atomic mass is 9.92. The van der Waals surface area contributed by atoms with Crippen molar-refractivity contribution in [2.24, 2.45) is 0 Å². The summed E-state index contributed by atoms with van der Waals surface area (Å²) in [6.45, 7) is -0.364. The molecule has 94 heavy (non-hydrogen) atoms. The number of fused-ring (bicyclic) bond motifs is 3. The Morgan fingerprint density at radius 1 is 0.404 bits per heavy atom. The van der Waals surface area contributed by atoms with E-state index in [1.165, 1.54) is 0 Å². The van der Waals surface area contributed by atoms with Crippen LogP contribution in [0.1, 0.15) is 65.5 Å². The molecule has 0 amide bonds. The maximum Gasteiger partial charge on any atom is 0.264 e. The van der Waals surface area contributed by atoms with Gasteiger partial charge in [-0.2, -0.15) is 15.8 Å². The summed E-state index contributed by atoms with van der Waals surface area (Å²) in [7, 11) is 0. The van der Waals surface area contributed by atoms with Gasteiger partial charge < -0.3 is 76.2 Å². The fraction of sp³-hybridized carbons (Fsp3) is 0.458. The van der Waals surface area contributed by atoms with Gasteiger partial charge in [0.1, 0.15) is 91.5 Å². The number of halogens is 3. The molecular weight excluding hydrogens is 1540 g/mol. The second-order valence-corrected chi connectivity index (χ2v) is 28.1. The Hall–Kier alpha value is -4.66.